The molecule has 2 N–H and O–H groups in total. The number of fused-ring (bicyclic) bond motifs is 2. The van der Waals surface area contributed by atoms with Gasteiger partial charge >= 0.3 is 0 Å². The van der Waals surface area contributed by atoms with E-state index in [1.807, 2.05) is 0 Å². The van der Waals surface area contributed by atoms with Crippen molar-refractivity contribution in [3.63, 3.8) is 0 Å². The van der Waals surface area contributed by atoms with E-state index in [1.54, 1.807) is 0 Å². The molecule has 5 nitrogen and oxygen atoms in total. The first-order valence-corrected chi connectivity index (χ1v) is 8.37. The molecular formula is C16H24N2O3. The summed E-state index contributed by atoms with van der Waals surface area (Å²) in [5, 5.41) is 0. The monoisotopic (exact) mass is 292 g/mol. The Morgan fingerprint density at radius 2 is 1.90 bits per heavy atom. The van der Waals surface area contributed by atoms with Crippen LogP contribution in [0.15, 0.2) is 0 Å². The van der Waals surface area contributed by atoms with Crippen molar-refractivity contribution in [2.75, 3.05) is 6.61 Å². The molecule has 4 rings (SSSR count). The Labute approximate surface area is 125 Å². The number of amides is 2. The van der Waals surface area contributed by atoms with Crippen LogP contribution in [-0.2, 0) is 14.3 Å². The van der Waals surface area contributed by atoms with Gasteiger partial charge in [0.05, 0.1) is 24.0 Å². The zero-order valence-electron chi connectivity index (χ0n) is 12.5. The summed E-state index contributed by atoms with van der Waals surface area (Å²) in [4.78, 5) is 26.9. The van der Waals surface area contributed by atoms with E-state index < -0.39 is 0 Å². The van der Waals surface area contributed by atoms with Gasteiger partial charge in [-0.25, -0.2) is 0 Å². The zero-order valence-corrected chi connectivity index (χ0v) is 12.5. The number of imide groups is 1. The zero-order chi connectivity index (χ0) is 14.7. The summed E-state index contributed by atoms with van der Waals surface area (Å²) < 4.78 is 5.81. The summed E-state index contributed by atoms with van der Waals surface area (Å²) in [7, 11) is 0. The SMILES string of the molecule is CCC1CC2C(=O)N(C3C(N)C4CCCOC43)C(=O)C2C1. The second-order valence-corrected chi connectivity index (χ2v) is 7.21. The van der Waals surface area contributed by atoms with Crippen LogP contribution in [0.2, 0.25) is 0 Å². The Bertz CT molecular complexity index is 456. The molecule has 2 aliphatic carbocycles. The molecule has 0 radical (unpaired) electrons. The highest BCUT2D eigenvalue weighted by Gasteiger charge is 2.61. The van der Waals surface area contributed by atoms with Crippen molar-refractivity contribution in [1.29, 1.82) is 0 Å². The maximum Gasteiger partial charge on any atom is 0.233 e. The topological polar surface area (TPSA) is 72.6 Å². The van der Waals surface area contributed by atoms with Crippen LogP contribution < -0.4 is 5.73 Å². The maximum absolute atomic E-state index is 12.7. The fraction of sp³-hybridized carbons (Fsp3) is 0.875. The van der Waals surface area contributed by atoms with Crippen LogP contribution in [0, 0.1) is 23.7 Å². The van der Waals surface area contributed by atoms with Crippen molar-refractivity contribution in [2.24, 2.45) is 29.4 Å². The summed E-state index contributed by atoms with van der Waals surface area (Å²) in [5.41, 5.74) is 6.26. The predicted octanol–water partition coefficient (Wildman–Crippen LogP) is 0.912. The summed E-state index contributed by atoms with van der Waals surface area (Å²) in [6.45, 7) is 2.87. The average molecular weight is 292 g/mol. The number of carbonyl (C=O) groups excluding carboxylic acids is 2. The van der Waals surface area contributed by atoms with Crippen LogP contribution >= 0.6 is 0 Å². The minimum Gasteiger partial charge on any atom is -0.376 e. The number of hydrogen-bond donors (Lipinski definition) is 1. The first-order chi connectivity index (χ1) is 10.1. The standard InChI is InChI=1S/C16H24N2O3/c1-2-8-6-10-11(7-8)16(20)18(15(10)19)13-12(17)9-4-3-5-21-14(9)13/h8-14H,2-7,17H2,1H3. The van der Waals surface area contributed by atoms with E-state index in [9.17, 15) is 9.59 Å². The van der Waals surface area contributed by atoms with Crippen LogP contribution in [0.4, 0.5) is 0 Å². The van der Waals surface area contributed by atoms with Crippen LogP contribution in [0.1, 0.15) is 39.0 Å². The highest BCUT2D eigenvalue weighted by atomic mass is 16.5. The summed E-state index contributed by atoms with van der Waals surface area (Å²) in [6, 6.07) is -0.301. The molecule has 2 aliphatic heterocycles. The third-order valence-corrected chi connectivity index (χ3v) is 6.28. The third-order valence-electron chi connectivity index (χ3n) is 6.28. The normalized spacial score (nSPS) is 49.0. The Kier molecular flexibility index (Phi) is 3.12. The lowest BCUT2D eigenvalue weighted by Crippen LogP contribution is -2.73. The lowest BCUT2D eigenvalue weighted by atomic mass is 9.68. The van der Waals surface area contributed by atoms with Gasteiger partial charge in [0.1, 0.15) is 0 Å². The van der Waals surface area contributed by atoms with E-state index in [-0.39, 0.29) is 41.8 Å². The minimum atomic E-state index is -0.207. The van der Waals surface area contributed by atoms with Gasteiger partial charge in [-0.3, -0.25) is 14.5 Å². The summed E-state index contributed by atoms with van der Waals surface area (Å²) in [6.07, 6.45) is 4.89. The van der Waals surface area contributed by atoms with Crippen molar-refractivity contribution in [3.8, 4) is 0 Å². The second kappa shape index (κ2) is 4.78. The first-order valence-electron chi connectivity index (χ1n) is 8.37. The van der Waals surface area contributed by atoms with E-state index in [2.05, 4.69) is 6.92 Å². The van der Waals surface area contributed by atoms with Gasteiger partial charge in [-0.1, -0.05) is 13.3 Å². The fourth-order valence-corrected chi connectivity index (χ4v) is 5.02. The Morgan fingerprint density at radius 1 is 1.24 bits per heavy atom. The highest BCUT2D eigenvalue weighted by molar-refractivity contribution is 6.06. The van der Waals surface area contributed by atoms with Gasteiger partial charge < -0.3 is 10.5 Å². The molecule has 0 spiro atoms. The van der Waals surface area contributed by atoms with Crippen molar-refractivity contribution in [3.05, 3.63) is 0 Å². The van der Waals surface area contributed by atoms with E-state index in [1.165, 1.54) is 4.90 Å². The molecule has 5 heteroatoms. The number of ether oxygens (including phenoxy) is 1. The molecule has 0 aromatic heterocycles. The quantitative estimate of drug-likeness (QED) is 0.768. The maximum atomic E-state index is 12.7. The second-order valence-electron chi connectivity index (χ2n) is 7.21. The Hall–Kier alpha value is -0.940. The molecule has 0 aromatic rings. The molecule has 2 amide bonds. The number of likely N-dealkylation sites (tertiary alicyclic amines) is 1. The molecule has 4 fully saturated rings. The van der Waals surface area contributed by atoms with Crippen LogP contribution in [0.5, 0.6) is 0 Å². The van der Waals surface area contributed by atoms with Crippen molar-refractivity contribution in [2.45, 2.75) is 57.2 Å². The Morgan fingerprint density at radius 3 is 2.52 bits per heavy atom. The molecule has 6 atom stereocenters. The van der Waals surface area contributed by atoms with Gasteiger partial charge in [0.2, 0.25) is 11.8 Å². The lowest BCUT2D eigenvalue weighted by molar-refractivity contribution is -0.174. The highest BCUT2D eigenvalue weighted by Crippen LogP contribution is 2.48. The third kappa shape index (κ3) is 1.77. The van der Waals surface area contributed by atoms with E-state index in [0.717, 1.165) is 38.7 Å². The molecule has 2 saturated carbocycles. The average Bonchev–Trinajstić information content (AvgIpc) is 3.02. The Balaban J connectivity index is 1.55. The molecule has 2 heterocycles. The van der Waals surface area contributed by atoms with E-state index in [4.69, 9.17) is 10.5 Å². The number of carbonyl (C=O) groups is 2. The van der Waals surface area contributed by atoms with Crippen molar-refractivity contribution >= 4 is 11.8 Å². The molecule has 0 bridgehead atoms. The van der Waals surface area contributed by atoms with Crippen molar-refractivity contribution < 1.29 is 14.3 Å². The minimum absolute atomic E-state index is 0.0116. The van der Waals surface area contributed by atoms with Gasteiger partial charge in [-0.05, 0) is 31.6 Å². The number of hydrogen-bond acceptors (Lipinski definition) is 4. The molecule has 116 valence electrons. The molecule has 4 aliphatic rings. The fourth-order valence-electron chi connectivity index (χ4n) is 5.02. The van der Waals surface area contributed by atoms with Gasteiger partial charge in [0, 0.05) is 18.6 Å². The van der Waals surface area contributed by atoms with E-state index in [0.29, 0.717) is 11.8 Å². The lowest BCUT2D eigenvalue weighted by Gasteiger charge is -2.54. The molecule has 2 saturated heterocycles. The predicted molar refractivity (Wildman–Crippen MR) is 76.1 cm³/mol. The van der Waals surface area contributed by atoms with Gasteiger partial charge in [0.15, 0.2) is 0 Å². The van der Waals surface area contributed by atoms with Crippen LogP contribution in [-0.4, -0.2) is 41.5 Å². The number of nitrogens with zero attached hydrogens (tertiary/aromatic N) is 1. The van der Waals surface area contributed by atoms with Gasteiger partial charge in [-0.15, -0.1) is 0 Å². The molecule has 21 heavy (non-hydrogen) atoms. The molecule has 0 aromatic carbocycles. The summed E-state index contributed by atoms with van der Waals surface area (Å²) >= 11 is 0. The molecule has 6 unspecified atom stereocenters. The van der Waals surface area contributed by atoms with E-state index >= 15 is 0 Å². The number of rotatable bonds is 2. The van der Waals surface area contributed by atoms with Crippen molar-refractivity contribution in [1.82, 2.24) is 4.90 Å². The van der Waals surface area contributed by atoms with Crippen LogP contribution in [0.25, 0.3) is 0 Å². The summed E-state index contributed by atoms with van der Waals surface area (Å²) in [5.74, 6) is 0.731. The smallest absolute Gasteiger partial charge is 0.233 e. The molecular weight excluding hydrogens is 268 g/mol. The van der Waals surface area contributed by atoms with Gasteiger partial charge in [-0.2, -0.15) is 0 Å². The first kappa shape index (κ1) is 13.7. The van der Waals surface area contributed by atoms with Gasteiger partial charge in [0.25, 0.3) is 0 Å². The number of nitrogens with two attached hydrogens (primary N) is 1. The largest absolute Gasteiger partial charge is 0.376 e. The van der Waals surface area contributed by atoms with Crippen LogP contribution in [0.3, 0.4) is 0 Å².